The molecule has 2 aromatic rings. The van der Waals surface area contributed by atoms with E-state index in [1.807, 2.05) is 10.7 Å². The molecule has 0 amide bonds. The van der Waals surface area contributed by atoms with Crippen molar-refractivity contribution in [3.8, 4) is 5.69 Å². The summed E-state index contributed by atoms with van der Waals surface area (Å²) in [5.74, 6) is 0.587. The van der Waals surface area contributed by atoms with Crippen LogP contribution in [0.2, 0.25) is 5.15 Å². The van der Waals surface area contributed by atoms with Gasteiger partial charge in [0.1, 0.15) is 5.15 Å². The van der Waals surface area contributed by atoms with Crippen molar-refractivity contribution in [2.24, 2.45) is 5.92 Å². The molecule has 0 saturated heterocycles. The van der Waals surface area contributed by atoms with Crippen LogP contribution in [0.3, 0.4) is 0 Å². The summed E-state index contributed by atoms with van der Waals surface area (Å²) in [7, 11) is 0. The smallest absolute Gasteiger partial charge is 0.133 e. The van der Waals surface area contributed by atoms with Crippen LogP contribution < -0.4 is 0 Å². The van der Waals surface area contributed by atoms with Gasteiger partial charge in [0.05, 0.1) is 11.4 Å². The number of hydrogen-bond donors (Lipinski definition) is 0. The van der Waals surface area contributed by atoms with Gasteiger partial charge in [0, 0.05) is 0 Å². The molecule has 1 aromatic carbocycles. The Balaban J connectivity index is 2.41. The van der Waals surface area contributed by atoms with E-state index < -0.39 is 0 Å². The average Bonchev–Trinajstić information content (AvgIpc) is 2.56. The maximum absolute atomic E-state index is 6.27. The summed E-state index contributed by atoms with van der Waals surface area (Å²) >= 11 is 6.27. The van der Waals surface area contributed by atoms with Crippen LogP contribution in [0.1, 0.15) is 30.7 Å². The van der Waals surface area contributed by atoms with E-state index in [0.29, 0.717) is 11.1 Å². The van der Waals surface area contributed by atoms with Gasteiger partial charge >= 0.3 is 0 Å². The third kappa shape index (κ3) is 2.94. The lowest BCUT2D eigenvalue weighted by Gasteiger charge is -2.06. The number of halogens is 1. The number of benzene rings is 1. The maximum Gasteiger partial charge on any atom is 0.133 e. The van der Waals surface area contributed by atoms with Gasteiger partial charge in [-0.25, -0.2) is 4.68 Å². The summed E-state index contributed by atoms with van der Waals surface area (Å²) in [4.78, 5) is 0. The van der Waals surface area contributed by atoms with Crippen molar-refractivity contribution in [3.05, 3.63) is 46.2 Å². The first-order valence-electron chi connectivity index (χ1n) is 6.29. The monoisotopic (exact) mass is 262 g/mol. The predicted octanol–water partition coefficient (Wildman–Crippen LogP) is 4.34. The summed E-state index contributed by atoms with van der Waals surface area (Å²) in [6.45, 7) is 8.54. The molecule has 2 rings (SSSR count). The van der Waals surface area contributed by atoms with E-state index >= 15 is 0 Å². The zero-order valence-electron chi connectivity index (χ0n) is 11.4. The molecule has 1 heterocycles. The number of nitrogens with zero attached hydrogens (tertiary/aromatic N) is 2. The number of aryl methyl sites for hydroxylation is 2. The molecule has 96 valence electrons. The highest BCUT2D eigenvalue weighted by molar-refractivity contribution is 6.29. The molecule has 0 aliphatic rings. The number of aromatic nitrogens is 2. The van der Waals surface area contributed by atoms with Gasteiger partial charge in [-0.3, -0.25) is 0 Å². The Labute approximate surface area is 114 Å². The molecule has 3 heteroatoms. The molecule has 0 atom stereocenters. The highest BCUT2D eigenvalue weighted by Crippen LogP contribution is 2.21. The number of rotatable bonds is 3. The van der Waals surface area contributed by atoms with Crippen molar-refractivity contribution in [2.45, 2.75) is 34.1 Å². The van der Waals surface area contributed by atoms with E-state index in [4.69, 9.17) is 11.6 Å². The largest absolute Gasteiger partial charge is 0.222 e. The van der Waals surface area contributed by atoms with Crippen LogP contribution in [0.5, 0.6) is 0 Å². The van der Waals surface area contributed by atoms with Gasteiger partial charge in [-0.2, -0.15) is 5.10 Å². The number of hydrogen-bond acceptors (Lipinski definition) is 1. The fraction of sp³-hybridized carbons (Fsp3) is 0.400. The molecule has 0 aliphatic carbocycles. The third-order valence-corrected chi connectivity index (χ3v) is 3.05. The van der Waals surface area contributed by atoms with Crippen LogP contribution in [0.15, 0.2) is 24.3 Å². The van der Waals surface area contributed by atoms with Gasteiger partial charge in [-0.15, -0.1) is 0 Å². The highest BCUT2D eigenvalue weighted by atomic mass is 35.5. The van der Waals surface area contributed by atoms with Crippen LogP contribution in [0.4, 0.5) is 0 Å². The van der Waals surface area contributed by atoms with Crippen molar-refractivity contribution < 1.29 is 0 Å². The molecular weight excluding hydrogens is 244 g/mol. The first-order chi connectivity index (χ1) is 8.45. The topological polar surface area (TPSA) is 17.8 Å². The lowest BCUT2D eigenvalue weighted by molar-refractivity contribution is 0.628. The molecule has 18 heavy (non-hydrogen) atoms. The highest BCUT2D eigenvalue weighted by Gasteiger charge is 2.09. The summed E-state index contributed by atoms with van der Waals surface area (Å²) in [6.07, 6.45) is 0.956. The minimum absolute atomic E-state index is 0.587. The maximum atomic E-state index is 6.27. The van der Waals surface area contributed by atoms with E-state index in [0.717, 1.165) is 17.8 Å². The Kier molecular flexibility index (Phi) is 3.76. The quantitative estimate of drug-likeness (QED) is 0.805. The first kappa shape index (κ1) is 13.2. The van der Waals surface area contributed by atoms with E-state index in [9.17, 15) is 0 Å². The average molecular weight is 263 g/mol. The summed E-state index contributed by atoms with van der Waals surface area (Å²) in [5, 5.41) is 5.26. The standard InChI is InChI=1S/C15H19ClN2/c1-10(2)5-13-9-15(16)18(17-13)14-7-11(3)6-12(4)8-14/h6-10H,5H2,1-4H3. The van der Waals surface area contributed by atoms with Crippen molar-refractivity contribution >= 4 is 11.6 Å². The lowest BCUT2D eigenvalue weighted by Crippen LogP contribution is -2.00. The van der Waals surface area contributed by atoms with Gasteiger partial charge in [-0.1, -0.05) is 31.5 Å². The molecule has 0 fully saturated rings. The normalized spacial score (nSPS) is 11.2. The Morgan fingerprint density at radius 3 is 2.28 bits per heavy atom. The molecular formula is C15H19ClN2. The molecule has 0 saturated carbocycles. The van der Waals surface area contributed by atoms with Crippen LogP contribution >= 0.6 is 11.6 Å². The van der Waals surface area contributed by atoms with Gasteiger partial charge in [-0.05, 0) is 55.5 Å². The second kappa shape index (κ2) is 5.15. The van der Waals surface area contributed by atoms with Crippen molar-refractivity contribution in [1.29, 1.82) is 0 Å². The minimum Gasteiger partial charge on any atom is -0.222 e. The lowest BCUT2D eigenvalue weighted by atomic mass is 10.1. The van der Waals surface area contributed by atoms with E-state index in [-0.39, 0.29) is 0 Å². The minimum atomic E-state index is 0.587. The molecule has 0 unspecified atom stereocenters. The zero-order valence-corrected chi connectivity index (χ0v) is 12.1. The molecule has 0 bridgehead atoms. The van der Waals surface area contributed by atoms with Gasteiger partial charge in [0.2, 0.25) is 0 Å². The fourth-order valence-electron chi connectivity index (χ4n) is 2.18. The van der Waals surface area contributed by atoms with E-state index in [1.165, 1.54) is 11.1 Å². The molecule has 1 aromatic heterocycles. The Bertz CT molecular complexity index is 535. The van der Waals surface area contributed by atoms with Crippen LogP contribution in [-0.4, -0.2) is 9.78 Å². The van der Waals surface area contributed by atoms with Crippen LogP contribution in [-0.2, 0) is 6.42 Å². The molecule has 0 N–H and O–H groups in total. The fourth-order valence-corrected chi connectivity index (χ4v) is 2.44. The Morgan fingerprint density at radius 2 is 1.72 bits per heavy atom. The second-order valence-electron chi connectivity index (χ2n) is 5.31. The molecule has 2 nitrogen and oxygen atoms in total. The predicted molar refractivity (Wildman–Crippen MR) is 76.6 cm³/mol. The Morgan fingerprint density at radius 1 is 1.11 bits per heavy atom. The van der Waals surface area contributed by atoms with Gasteiger partial charge in [0.15, 0.2) is 0 Å². The van der Waals surface area contributed by atoms with E-state index in [2.05, 4.69) is 51.0 Å². The van der Waals surface area contributed by atoms with Crippen LogP contribution in [0, 0.1) is 19.8 Å². The zero-order chi connectivity index (χ0) is 13.3. The van der Waals surface area contributed by atoms with Crippen molar-refractivity contribution in [1.82, 2.24) is 9.78 Å². The second-order valence-corrected chi connectivity index (χ2v) is 5.70. The van der Waals surface area contributed by atoms with Crippen molar-refractivity contribution in [2.75, 3.05) is 0 Å². The SMILES string of the molecule is Cc1cc(C)cc(-n2nc(CC(C)C)cc2Cl)c1. The Hall–Kier alpha value is -1.28. The summed E-state index contributed by atoms with van der Waals surface area (Å²) < 4.78 is 1.82. The van der Waals surface area contributed by atoms with Crippen LogP contribution in [0.25, 0.3) is 5.69 Å². The first-order valence-corrected chi connectivity index (χ1v) is 6.66. The molecule has 0 spiro atoms. The van der Waals surface area contributed by atoms with E-state index in [1.54, 1.807) is 0 Å². The van der Waals surface area contributed by atoms with Gasteiger partial charge < -0.3 is 0 Å². The molecule has 0 aliphatic heterocycles. The van der Waals surface area contributed by atoms with Crippen molar-refractivity contribution in [3.63, 3.8) is 0 Å². The third-order valence-electron chi connectivity index (χ3n) is 2.78. The van der Waals surface area contributed by atoms with Gasteiger partial charge in [0.25, 0.3) is 0 Å². The summed E-state index contributed by atoms with van der Waals surface area (Å²) in [5.41, 5.74) is 4.53. The summed E-state index contributed by atoms with van der Waals surface area (Å²) in [6, 6.07) is 8.31. The molecule has 0 radical (unpaired) electrons.